The zero-order valence-electron chi connectivity index (χ0n) is 9.80. The normalized spacial score (nSPS) is 12.5. The Hall–Kier alpha value is -1.96. The van der Waals surface area contributed by atoms with Gasteiger partial charge in [-0.05, 0) is 14.0 Å². The molecule has 0 aromatic carbocycles. The maximum absolute atomic E-state index is 11.5. The largest absolute Gasteiger partial charge is 0.480 e. The average molecular weight is 242 g/mol. The van der Waals surface area contributed by atoms with E-state index >= 15 is 0 Å². The Morgan fingerprint density at radius 2 is 2.18 bits per heavy atom. The maximum atomic E-state index is 11.5. The predicted molar refractivity (Wildman–Crippen MR) is 57.4 cm³/mol. The lowest BCUT2D eigenvalue weighted by molar-refractivity contribution is -0.142. The van der Waals surface area contributed by atoms with E-state index in [9.17, 15) is 9.59 Å². The number of nitrogens with one attached hydrogen (secondary N) is 1. The second-order valence-corrected chi connectivity index (χ2v) is 3.60. The molecule has 2 N–H and O–H groups in total. The van der Waals surface area contributed by atoms with Crippen LogP contribution in [0.25, 0.3) is 0 Å². The Balaban J connectivity index is 2.47. The van der Waals surface area contributed by atoms with Crippen LogP contribution >= 0.6 is 0 Å². The predicted octanol–water partition coefficient (Wildman–Crippen LogP) is -0.279. The van der Waals surface area contributed by atoms with E-state index in [-0.39, 0.29) is 12.6 Å². The van der Waals surface area contributed by atoms with Gasteiger partial charge in [0.15, 0.2) is 0 Å². The van der Waals surface area contributed by atoms with Crippen LogP contribution in [0.4, 0.5) is 6.01 Å². The number of anilines is 1. The molecule has 0 saturated carbocycles. The lowest BCUT2D eigenvalue weighted by atomic mass is 10.3. The van der Waals surface area contributed by atoms with Crippen molar-refractivity contribution in [3.8, 4) is 0 Å². The minimum Gasteiger partial charge on any atom is -0.480 e. The van der Waals surface area contributed by atoms with Crippen molar-refractivity contribution in [1.82, 2.24) is 15.1 Å². The third kappa shape index (κ3) is 3.83. The first kappa shape index (κ1) is 13.1. The molecule has 94 valence electrons. The second-order valence-electron chi connectivity index (χ2n) is 3.60. The van der Waals surface area contributed by atoms with Crippen molar-refractivity contribution in [3.63, 3.8) is 0 Å². The number of likely N-dealkylation sites (N-methyl/N-ethyl adjacent to an activating group) is 1. The summed E-state index contributed by atoms with van der Waals surface area (Å²) < 4.78 is 4.95. The molecule has 0 aliphatic rings. The number of carbonyl (C=O) groups is 2. The fourth-order valence-corrected chi connectivity index (χ4v) is 1.06. The van der Waals surface area contributed by atoms with Gasteiger partial charge in [-0.25, -0.2) is 0 Å². The van der Waals surface area contributed by atoms with Crippen LogP contribution in [0.2, 0.25) is 0 Å². The molecule has 0 radical (unpaired) electrons. The number of carboxylic acid groups (broad SMARTS) is 1. The van der Waals surface area contributed by atoms with Gasteiger partial charge in [0.05, 0.1) is 6.54 Å². The van der Waals surface area contributed by atoms with Crippen molar-refractivity contribution in [2.45, 2.75) is 19.9 Å². The Morgan fingerprint density at radius 3 is 2.65 bits per heavy atom. The highest BCUT2D eigenvalue weighted by molar-refractivity contribution is 5.90. The number of carbonyl (C=O) groups excluding carboxylic acids is 1. The molecule has 1 heterocycles. The third-order valence-electron chi connectivity index (χ3n) is 2.18. The van der Waals surface area contributed by atoms with Crippen LogP contribution < -0.4 is 5.32 Å². The average Bonchev–Trinajstić information content (AvgIpc) is 2.62. The van der Waals surface area contributed by atoms with Gasteiger partial charge in [-0.1, -0.05) is 5.10 Å². The van der Waals surface area contributed by atoms with Gasteiger partial charge in [-0.2, -0.15) is 0 Å². The van der Waals surface area contributed by atoms with Crippen molar-refractivity contribution in [3.05, 3.63) is 5.89 Å². The Morgan fingerprint density at radius 1 is 1.53 bits per heavy atom. The Labute approximate surface area is 97.6 Å². The molecule has 1 aromatic heterocycles. The van der Waals surface area contributed by atoms with Gasteiger partial charge in [0, 0.05) is 6.92 Å². The number of aryl methyl sites for hydroxylation is 1. The SMILES string of the molecule is Cc1nnc(NC(=O)CN(C)C(C)C(=O)O)o1. The standard InChI is InChI=1S/C9H14N4O4/c1-5(8(15)16)13(3)4-7(14)10-9-12-11-6(2)17-9/h5H,4H2,1-3H3,(H,15,16)(H,10,12,14). The van der Waals surface area contributed by atoms with Gasteiger partial charge >= 0.3 is 12.0 Å². The van der Waals surface area contributed by atoms with Crippen LogP contribution in [0.15, 0.2) is 4.42 Å². The molecule has 1 atom stereocenters. The molecule has 0 spiro atoms. The van der Waals surface area contributed by atoms with E-state index in [0.717, 1.165) is 0 Å². The van der Waals surface area contributed by atoms with E-state index in [1.54, 1.807) is 6.92 Å². The van der Waals surface area contributed by atoms with E-state index in [1.807, 2.05) is 0 Å². The lowest BCUT2D eigenvalue weighted by Crippen LogP contribution is -2.40. The van der Waals surface area contributed by atoms with Gasteiger partial charge < -0.3 is 9.52 Å². The van der Waals surface area contributed by atoms with Crippen molar-refractivity contribution >= 4 is 17.9 Å². The van der Waals surface area contributed by atoms with Gasteiger partial charge in [-0.3, -0.25) is 19.8 Å². The number of amides is 1. The van der Waals surface area contributed by atoms with Gasteiger partial charge in [0.25, 0.3) is 0 Å². The fourth-order valence-electron chi connectivity index (χ4n) is 1.06. The van der Waals surface area contributed by atoms with Crippen LogP contribution in [0.1, 0.15) is 12.8 Å². The molecule has 1 amide bonds. The van der Waals surface area contributed by atoms with Crippen LogP contribution in [0.5, 0.6) is 0 Å². The van der Waals surface area contributed by atoms with Crippen molar-refractivity contribution < 1.29 is 19.1 Å². The molecule has 1 aromatic rings. The molecule has 0 saturated heterocycles. The van der Waals surface area contributed by atoms with Gasteiger partial charge in [0.2, 0.25) is 11.8 Å². The van der Waals surface area contributed by atoms with Crippen molar-refractivity contribution in [2.75, 3.05) is 18.9 Å². The van der Waals surface area contributed by atoms with E-state index in [2.05, 4.69) is 15.5 Å². The highest BCUT2D eigenvalue weighted by Crippen LogP contribution is 2.04. The summed E-state index contributed by atoms with van der Waals surface area (Å²) >= 11 is 0. The minimum absolute atomic E-state index is 0.00359. The highest BCUT2D eigenvalue weighted by atomic mass is 16.4. The monoisotopic (exact) mass is 242 g/mol. The summed E-state index contributed by atoms with van der Waals surface area (Å²) in [5.74, 6) is -1.06. The summed E-state index contributed by atoms with van der Waals surface area (Å²) in [6, 6.07) is -0.742. The van der Waals surface area contributed by atoms with Crippen LogP contribution in [0, 0.1) is 6.92 Å². The molecule has 8 nitrogen and oxygen atoms in total. The van der Waals surface area contributed by atoms with Gasteiger partial charge in [-0.15, -0.1) is 5.10 Å². The molecule has 17 heavy (non-hydrogen) atoms. The van der Waals surface area contributed by atoms with Gasteiger partial charge in [0.1, 0.15) is 6.04 Å². The number of rotatable bonds is 5. The number of carboxylic acids is 1. The van der Waals surface area contributed by atoms with E-state index in [4.69, 9.17) is 9.52 Å². The molecule has 0 aliphatic heterocycles. The summed E-state index contributed by atoms with van der Waals surface area (Å²) in [6.45, 7) is 3.02. The molecule has 1 rings (SSSR count). The maximum Gasteiger partial charge on any atom is 0.322 e. The zero-order valence-corrected chi connectivity index (χ0v) is 9.80. The summed E-state index contributed by atoms with van der Waals surface area (Å²) in [5.41, 5.74) is 0. The zero-order chi connectivity index (χ0) is 13.0. The number of aliphatic carboxylic acids is 1. The van der Waals surface area contributed by atoms with Crippen molar-refractivity contribution in [2.24, 2.45) is 0 Å². The number of hydrogen-bond donors (Lipinski definition) is 2. The van der Waals surface area contributed by atoms with Crippen molar-refractivity contribution in [1.29, 1.82) is 0 Å². The molecule has 0 aliphatic carbocycles. The molecule has 0 bridgehead atoms. The molecular formula is C9H14N4O4. The minimum atomic E-state index is -0.992. The fraction of sp³-hybridized carbons (Fsp3) is 0.556. The highest BCUT2D eigenvalue weighted by Gasteiger charge is 2.19. The first-order valence-electron chi connectivity index (χ1n) is 4.93. The third-order valence-corrected chi connectivity index (χ3v) is 2.18. The quantitative estimate of drug-likeness (QED) is 0.730. The van der Waals surface area contributed by atoms with Crippen LogP contribution in [-0.2, 0) is 9.59 Å². The summed E-state index contributed by atoms with van der Waals surface area (Å²) in [5, 5.41) is 18.3. The summed E-state index contributed by atoms with van der Waals surface area (Å²) in [6.07, 6.45) is 0. The Bertz CT molecular complexity index is 417. The van der Waals surface area contributed by atoms with E-state index in [1.165, 1.54) is 18.9 Å². The molecular weight excluding hydrogens is 228 g/mol. The number of hydrogen-bond acceptors (Lipinski definition) is 6. The first-order valence-corrected chi connectivity index (χ1v) is 4.93. The number of aromatic nitrogens is 2. The smallest absolute Gasteiger partial charge is 0.322 e. The lowest BCUT2D eigenvalue weighted by Gasteiger charge is -2.19. The summed E-state index contributed by atoms with van der Waals surface area (Å²) in [7, 11) is 1.54. The molecule has 1 unspecified atom stereocenters. The second kappa shape index (κ2) is 5.39. The van der Waals surface area contributed by atoms with E-state index < -0.39 is 17.9 Å². The van der Waals surface area contributed by atoms with E-state index in [0.29, 0.717) is 5.89 Å². The molecule has 0 fully saturated rings. The molecule has 8 heteroatoms. The van der Waals surface area contributed by atoms with Crippen LogP contribution in [-0.4, -0.2) is 51.7 Å². The summed E-state index contributed by atoms with van der Waals surface area (Å²) in [4.78, 5) is 23.5. The first-order chi connectivity index (χ1) is 7.90. The topological polar surface area (TPSA) is 109 Å². The Kier molecular flexibility index (Phi) is 4.16. The number of nitrogens with zero attached hydrogens (tertiary/aromatic N) is 3. The van der Waals surface area contributed by atoms with Crippen LogP contribution in [0.3, 0.4) is 0 Å².